The average molecular weight is 304 g/mol. The summed E-state index contributed by atoms with van der Waals surface area (Å²) in [7, 11) is 0. The van der Waals surface area contributed by atoms with Gasteiger partial charge in [0.1, 0.15) is 0 Å². The summed E-state index contributed by atoms with van der Waals surface area (Å²) >= 11 is 4.77. The van der Waals surface area contributed by atoms with E-state index in [2.05, 4.69) is 21.2 Å². The molecule has 5 heteroatoms. The molecule has 0 aromatic carbocycles. The molecule has 0 aliphatic heterocycles. The van der Waals surface area contributed by atoms with Gasteiger partial charge >= 0.3 is 0 Å². The third-order valence-corrected chi connectivity index (χ3v) is 4.64. The van der Waals surface area contributed by atoms with Gasteiger partial charge in [0.2, 0.25) is 0 Å². The summed E-state index contributed by atoms with van der Waals surface area (Å²) in [6.45, 7) is 0.891. The second-order valence-electron chi connectivity index (χ2n) is 4.26. The Kier molecular flexibility index (Phi) is 3.66. The monoisotopic (exact) mass is 303 g/mol. The molecule has 0 radical (unpaired) electrons. The van der Waals surface area contributed by atoms with Gasteiger partial charge in [-0.1, -0.05) is 0 Å². The molecule has 2 rings (SSSR count). The minimum atomic E-state index is -0.0140. The maximum absolute atomic E-state index is 11.8. The lowest BCUT2D eigenvalue weighted by atomic mass is 10.0. The van der Waals surface area contributed by atoms with Gasteiger partial charge in [-0.25, -0.2) is 0 Å². The molecule has 3 nitrogen and oxygen atoms in total. The second-order valence-corrected chi connectivity index (χ2v) is 6.72. The number of aliphatic hydroxyl groups excluding tert-OH is 1. The van der Waals surface area contributed by atoms with Crippen molar-refractivity contribution in [2.24, 2.45) is 5.41 Å². The van der Waals surface area contributed by atoms with E-state index >= 15 is 0 Å². The van der Waals surface area contributed by atoms with E-state index in [1.54, 1.807) is 0 Å². The van der Waals surface area contributed by atoms with E-state index in [1.165, 1.54) is 11.3 Å². The highest BCUT2D eigenvalue weighted by atomic mass is 79.9. The van der Waals surface area contributed by atoms with Crippen LogP contribution in [0.2, 0.25) is 0 Å². The van der Waals surface area contributed by atoms with E-state index in [9.17, 15) is 4.79 Å². The van der Waals surface area contributed by atoms with Crippen LogP contribution in [-0.4, -0.2) is 24.2 Å². The Morgan fingerprint density at radius 2 is 2.31 bits per heavy atom. The largest absolute Gasteiger partial charge is 0.396 e. The molecule has 0 atom stereocenters. The highest BCUT2D eigenvalue weighted by Gasteiger charge is 2.41. The Bertz CT molecular complexity index is 387. The highest BCUT2D eigenvalue weighted by Crippen LogP contribution is 2.47. The van der Waals surface area contributed by atoms with Gasteiger partial charge < -0.3 is 10.4 Å². The minimum Gasteiger partial charge on any atom is -0.396 e. The standard InChI is InChI=1S/C11H14BrNO2S/c12-9-2-1-8(16-9)10(15)13-7-11(3-4-11)5-6-14/h1-2,14H,3-7H2,(H,13,15). The fourth-order valence-corrected chi connectivity index (χ4v) is 3.02. The number of carbonyl (C=O) groups is 1. The molecule has 1 aromatic rings. The number of hydrogen-bond donors (Lipinski definition) is 2. The molecule has 1 aliphatic carbocycles. The number of nitrogens with one attached hydrogen (secondary N) is 1. The quantitative estimate of drug-likeness (QED) is 0.877. The molecule has 88 valence electrons. The molecule has 1 amide bonds. The van der Waals surface area contributed by atoms with Crippen molar-refractivity contribution in [3.05, 3.63) is 20.8 Å². The molecule has 1 aromatic heterocycles. The third-order valence-electron chi connectivity index (χ3n) is 3.02. The molecule has 16 heavy (non-hydrogen) atoms. The smallest absolute Gasteiger partial charge is 0.261 e. The van der Waals surface area contributed by atoms with Gasteiger partial charge in [0, 0.05) is 13.2 Å². The Morgan fingerprint density at radius 1 is 1.56 bits per heavy atom. The zero-order valence-corrected chi connectivity index (χ0v) is 11.2. The predicted octanol–water partition coefficient (Wildman–Crippen LogP) is 2.40. The zero-order chi connectivity index (χ0) is 11.6. The lowest BCUT2D eigenvalue weighted by Gasteiger charge is -2.13. The summed E-state index contributed by atoms with van der Waals surface area (Å²) in [5, 5.41) is 11.9. The molecule has 1 aliphatic rings. The second kappa shape index (κ2) is 4.85. The normalized spacial score (nSPS) is 17.1. The fraction of sp³-hybridized carbons (Fsp3) is 0.545. The van der Waals surface area contributed by atoms with Gasteiger partial charge in [0.25, 0.3) is 5.91 Å². The number of thiophene rings is 1. The molecule has 1 fully saturated rings. The van der Waals surface area contributed by atoms with Gasteiger partial charge in [0.05, 0.1) is 8.66 Å². The van der Waals surface area contributed by atoms with Crippen molar-refractivity contribution < 1.29 is 9.90 Å². The van der Waals surface area contributed by atoms with Crippen LogP contribution in [0, 0.1) is 5.41 Å². The number of hydrogen-bond acceptors (Lipinski definition) is 3. The van der Waals surface area contributed by atoms with Crippen LogP contribution in [0.5, 0.6) is 0 Å². The van der Waals surface area contributed by atoms with Crippen LogP contribution in [0.15, 0.2) is 15.9 Å². The summed E-state index contributed by atoms with van der Waals surface area (Å²) in [5.41, 5.74) is 0.179. The van der Waals surface area contributed by atoms with E-state index in [0.29, 0.717) is 6.54 Å². The van der Waals surface area contributed by atoms with Crippen molar-refractivity contribution in [3.8, 4) is 0 Å². The average Bonchev–Trinajstić information content (AvgIpc) is 2.89. The molecule has 0 saturated heterocycles. The molecule has 1 heterocycles. The summed E-state index contributed by atoms with van der Waals surface area (Å²) in [6.07, 6.45) is 3.02. The predicted molar refractivity (Wildman–Crippen MR) is 67.7 cm³/mol. The number of amides is 1. The Labute approximate surface area is 107 Å². The van der Waals surface area contributed by atoms with E-state index < -0.39 is 0 Å². The molecule has 2 N–H and O–H groups in total. The van der Waals surface area contributed by atoms with Gasteiger partial charge in [-0.2, -0.15) is 0 Å². The van der Waals surface area contributed by atoms with Crippen molar-refractivity contribution in [3.63, 3.8) is 0 Å². The van der Waals surface area contributed by atoms with E-state index in [4.69, 9.17) is 5.11 Å². The van der Waals surface area contributed by atoms with Crippen LogP contribution in [0.25, 0.3) is 0 Å². The summed E-state index contributed by atoms with van der Waals surface area (Å²) in [5.74, 6) is -0.0140. The first kappa shape index (κ1) is 12.1. The Balaban J connectivity index is 1.84. The van der Waals surface area contributed by atoms with Crippen molar-refractivity contribution in [1.29, 1.82) is 0 Å². The molecule has 0 bridgehead atoms. The number of halogens is 1. The lowest BCUT2D eigenvalue weighted by Crippen LogP contribution is -2.30. The van der Waals surface area contributed by atoms with E-state index in [0.717, 1.165) is 27.9 Å². The summed E-state index contributed by atoms with van der Waals surface area (Å²) in [4.78, 5) is 12.5. The first-order valence-electron chi connectivity index (χ1n) is 5.30. The topological polar surface area (TPSA) is 49.3 Å². The lowest BCUT2D eigenvalue weighted by molar-refractivity contribution is 0.0945. The van der Waals surface area contributed by atoms with E-state index in [1.807, 2.05) is 12.1 Å². The van der Waals surface area contributed by atoms with Gasteiger partial charge in [-0.15, -0.1) is 11.3 Å². The van der Waals surface area contributed by atoms with Crippen LogP contribution in [0.3, 0.4) is 0 Å². The Morgan fingerprint density at radius 3 is 2.81 bits per heavy atom. The number of aliphatic hydroxyl groups is 1. The maximum Gasteiger partial charge on any atom is 0.261 e. The zero-order valence-electron chi connectivity index (χ0n) is 8.83. The van der Waals surface area contributed by atoms with E-state index in [-0.39, 0.29) is 17.9 Å². The minimum absolute atomic E-state index is 0.0140. The van der Waals surface area contributed by atoms with Crippen molar-refractivity contribution in [2.75, 3.05) is 13.2 Å². The SMILES string of the molecule is O=C(NCC1(CCO)CC1)c1ccc(Br)s1. The van der Waals surface area contributed by atoms with Crippen molar-refractivity contribution >= 4 is 33.2 Å². The first-order valence-corrected chi connectivity index (χ1v) is 6.91. The highest BCUT2D eigenvalue weighted by molar-refractivity contribution is 9.11. The summed E-state index contributed by atoms with van der Waals surface area (Å²) < 4.78 is 0.967. The van der Waals surface area contributed by atoms with Gasteiger partial charge in [0.15, 0.2) is 0 Å². The molecule has 0 spiro atoms. The van der Waals surface area contributed by atoms with Crippen LogP contribution >= 0.6 is 27.3 Å². The Hall–Kier alpha value is -0.390. The first-order chi connectivity index (χ1) is 7.65. The van der Waals surface area contributed by atoms with Crippen LogP contribution in [-0.2, 0) is 0 Å². The van der Waals surface area contributed by atoms with Crippen LogP contribution < -0.4 is 5.32 Å². The number of rotatable bonds is 5. The molecule has 1 saturated carbocycles. The fourth-order valence-electron chi connectivity index (χ4n) is 1.72. The third kappa shape index (κ3) is 2.84. The molecular weight excluding hydrogens is 290 g/mol. The molecular formula is C11H14BrNO2S. The van der Waals surface area contributed by atoms with Gasteiger partial charge in [-0.05, 0) is 52.7 Å². The summed E-state index contributed by atoms with van der Waals surface area (Å²) in [6, 6.07) is 3.69. The van der Waals surface area contributed by atoms with Crippen LogP contribution in [0.1, 0.15) is 28.9 Å². The van der Waals surface area contributed by atoms with Gasteiger partial charge in [-0.3, -0.25) is 4.79 Å². The molecule has 0 unspecified atom stereocenters. The maximum atomic E-state index is 11.8. The van der Waals surface area contributed by atoms with Crippen LogP contribution in [0.4, 0.5) is 0 Å². The van der Waals surface area contributed by atoms with Crippen molar-refractivity contribution in [1.82, 2.24) is 5.32 Å². The van der Waals surface area contributed by atoms with Crippen molar-refractivity contribution in [2.45, 2.75) is 19.3 Å². The number of carbonyl (C=O) groups excluding carboxylic acids is 1.